The van der Waals surface area contributed by atoms with Crippen molar-refractivity contribution in [2.75, 3.05) is 0 Å². The third-order valence-corrected chi connectivity index (χ3v) is 1.25. The molecule has 0 aliphatic heterocycles. The topological polar surface area (TPSA) is 168 Å². The molecule has 0 saturated heterocycles. The highest BCUT2D eigenvalue weighted by atomic mass is 16.6. The minimum Gasteiger partial charge on any atom is -0.380 e. The lowest BCUT2D eigenvalue weighted by Gasteiger charge is -1.94. The molecular formula is C4H8N8O. The van der Waals surface area contributed by atoms with Gasteiger partial charge in [-0.15, -0.1) is 0 Å². The van der Waals surface area contributed by atoms with Crippen LogP contribution in [-0.2, 0) is 0 Å². The van der Waals surface area contributed by atoms with Crippen LogP contribution >= 0.6 is 0 Å². The molecule has 0 radical (unpaired) electrons. The van der Waals surface area contributed by atoms with Gasteiger partial charge in [-0.05, 0) is 10.3 Å². The van der Waals surface area contributed by atoms with Crippen LogP contribution in [0.2, 0.25) is 0 Å². The molecule has 1 aromatic heterocycles. The lowest BCUT2D eigenvalue weighted by atomic mass is 10.3. The summed E-state index contributed by atoms with van der Waals surface area (Å²) in [5.41, 5.74) is 10.9. The summed E-state index contributed by atoms with van der Waals surface area (Å²) < 4.78 is 4.36. The summed E-state index contributed by atoms with van der Waals surface area (Å²) in [6, 6.07) is 0. The molecule has 9 heteroatoms. The van der Waals surface area contributed by atoms with E-state index in [0.29, 0.717) is 0 Å². The molecule has 0 spiro atoms. The Kier molecular flexibility index (Phi) is 2.28. The molecule has 8 N–H and O–H groups in total. The molecule has 0 aliphatic rings. The molecule has 9 nitrogen and oxygen atoms in total. The van der Waals surface area contributed by atoms with Gasteiger partial charge in [0.25, 0.3) is 0 Å². The number of nitrogens with zero attached hydrogens (tertiary/aromatic N) is 4. The van der Waals surface area contributed by atoms with E-state index in [2.05, 4.69) is 25.1 Å². The smallest absolute Gasteiger partial charge is 0.182 e. The van der Waals surface area contributed by atoms with E-state index in [1.807, 2.05) is 0 Å². The van der Waals surface area contributed by atoms with Gasteiger partial charge in [-0.25, -0.2) is 4.63 Å². The summed E-state index contributed by atoms with van der Waals surface area (Å²) in [4.78, 5) is 0. The average molecular weight is 184 g/mol. The zero-order chi connectivity index (χ0) is 9.84. The molecule has 1 heterocycles. The molecule has 0 aromatic carbocycles. The van der Waals surface area contributed by atoms with Crippen LogP contribution in [0.1, 0.15) is 11.4 Å². The summed E-state index contributed by atoms with van der Waals surface area (Å²) in [5.74, 6) is 9.70. The van der Waals surface area contributed by atoms with E-state index in [0.717, 1.165) is 0 Å². The van der Waals surface area contributed by atoms with Crippen LogP contribution in [0, 0.1) is 0 Å². The van der Waals surface area contributed by atoms with E-state index in [4.69, 9.17) is 23.2 Å². The molecule has 0 aliphatic carbocycles. The zero-order valence-electron chi connectivity index (χ0n) is 6.51. The molecule has 0 bridgehead atoms. The van der Waals surface area contributed by atoms with E-state index in [1.165, 1.54) is 0 Å². The molecule has 0 unspecified atom stereocenters. The van der Waals surface area contributed by atoms with Gasteiger partial charge in [0.1, 0.15) is 0 Å². The maximum absolute atomic E-state index is 5.34. The molecule has 0 fully saturated rings. The van der Waals surface area contributed by atoms with Gasteiger partial charge in [-0.2, -0.15) is 10.2 Å². The number of hydrogen-bond acceptors (Lipinski definition) is 7. The van der Waals surface area contributed by atoms with Crippen LogP contribution in [-0.4, -0.2) is 22.0 Å². The number of rotatable bonds is 2. The fourth-order valence-corrected chi connectivity index (χ4v) is 0.647. The molecule has 13 heavy (non-hydrogen) atoms. The van der Waals surface area contributed by atoms with Gasteiger partial charge in [0.05, 0.1) is 0 Å². The summed E-state index contributed by atoms with van der Waals surface area (Å²) >= 11 is 0. The Morgan fingerprint density at radius 3 is 1.69 bits per heavy atom. The largest absolute Gasteiger partial charge is 0.380 e. The summed E-state index contributed by atoms with van der Waals surface area (Å²) in [7, 11) is 0. The van der Waals surface area contributed by atoms with Crippen molar-refractivity contribution in [3.8, 4) is 0 Å². The van der Waals surface area contributed by atoms with Crippen molar-refractivity contribution in [1.82, 2.24) is 10.3 Å². The van der Waals surface area contributed by atoms with Crippen molar-refractivity contribution in [2.24, 2.45) is 33.4 Å². The normalized spacial score (nSPS) is 13.2. The van der Waals surface area contributed by atoms with Gasteiger partial charge in [-0.3, -0.25) is 0 Å². The van der Waals surface area contributed by atoms with Crippen molar-refractivity contribution >= 4 is 11.7 Å². The van der Waals surface area contributed by atoms with Crippen molar-refractivity contribution in [3.05, 3.63) is 11.4 Å². The molecule has 1 aromatic rings. The quantitative estimate of drug-likeness (QED) is 0.167. The molecule has 0 atom stereocenters. The minimum atomic E-state index is -0.0668. The number of nitrogens with two attached hydrogens (primary N) is 4. The second-order valence-corrected chi connectivity index (χ2v) is 1.99. The average Bonchev–Trinajstić information content (AvgIpc) is 2.63. The van der Waals surface area contributed by atoms with Crippen LogP contribution in [0.4, 0.5) is 0 Å². The van der Waals surface area contributed by atoms with E-state index < -0.39 is 0 Å². The Labute approximate surface area is 72.4 Å². The fourth-order valence-electron chi connectivity index (χ4n) is 0.647. The second kappa shape index (κ2) is 3.38. The van der Waals surface area contributed by atoms with Gasteiger partial charge < -0.3 is 23.2 Å². The molecule has 0 saturated carbocycles. The lowest BCUT2D eigenvalue weighted by Crippen LogP contribution is -2.24. The first kappa shape index (κ1) is 8.77. The standard InChI is InChI=1S/C4H8N8O/c5-3(9-7)1-2(4(6)10-8)12-13-11-1/h7-8H2,(H2,5,9)(H2,6,10). The van der Waals surface area contributed by atoms with Crippen LogP contribution in [0.25, 0.3) is 0 Å². The van der Waals surface area contributed by atoms with Crippen LogP contribution < -0.4 is 23.2 Å². The van der Waals surface area contributed by atoms with E-state index in [1.54, 1.807) is 0 Å². The number of hydrogen-bond donors (Lipinski definition) is 4. The van der Waals surface area contributed by atoms with Gasteiger partial charge in [0, 0.05) is 0 Å². The molecular weight excluding hydrogens is 176 g/mol. The Bertz CT molecular complexity index is 318. The first-order valence-electron chi connectivity index (χ1n) is 3.10. The maximum Gasteiger partial charge on any atom is 0.182 e. The number of hydrazone groups is 2. The van der Waals surface area contributed by atoms with Crippen molar-refractivity contribution in [2.45, 2.75) is 0 Å². The summed E-state index contributed by atoms with van der Waals surface area (Å²) in [6.07, 6.45) is 0. The van der Waals surface area contributed by atoms with Gasteiger partial charge in [0.15, 0.2) is 23.1 Å². The number of amidine groups is 2. The monoisotopic (exact) mass is 184 g/mol. The van der Waals surface area contributed by atoms with E-state index in [9.17, 15) is 0 Å². The van der Waals surface area contributed by atoms with Crippen LogP contribution in [0.5, 0.6) is 0 Å². The lowest BCUT2D eigenvalue weighted by molar-refractivity contribution is 0.305. The van der Waals surface area contributed by atoms with Crippen molar-refractivity contribution in [3.63, 3.8) is 0 Å². The third-order valence-electron chi connectivity index (χ3n) is 1.25. The highest BCUT2D eigenvalue weighted by Gasteiger charge is 2.16. The van der Waals surface area contributed by atoms with Crippen molar-refractivity contribution in [1.29, 1.82) is 0 Å². The first-order chi connectivity index (χ1) is 6.20. The summed E-state index contributed by atoms with van der Waals surface area (Å²) in [5, 5.41) is 13.2. The van der Waals surface area contributed by atoms with Gasteiger partial charge >= 0.3 is 0 Å². The van der Waals surface area contributed by atoms with Gasteiger partial charge in [-0.1, -0.05) is 0 Å². The first-order valence-corrected chi connectivity index (χ1v) is 3.10. The molecule has 0 amide bonds. The number of aromatic nitrogens is 2. The van der Waals surface area contributed by atoms with Crippen LogP contribution in [0.3, 0.4) is 0 Å². The highest BCUT2D eigenvalue weighted by molar-refractivity contribution is 6.07. The Morgan fingerprint density at radius 1 is 1.00 bits per heavy atom. The minimum absolute atomic E-state index is 0.0668. The van der Waals surface area contributed by atoms with Crippen LogP contribution in [0.15, 0.2) is 14.8 Å². The fraction of sp³-hybridized carbons (Fsp3) is 0. The predicted molar refractivity (Wildman–Crippen MR) is 44.1 cm³/mol. The summed E-state index contributed by atoms with van der Waals surface area (Å²) in [6.45, 7) is 0. The second-order valence-electron chi connectivity index (χ2n) is 1.99. The van der Waals surface area contributed by atoms with Gasteiger partial charge in [0.2, 0.25) is 0 Å². The molecule has 1 rings (SSSR count). The SMILES string of the molecule is N/N=C(\N)c1nonc1/C(N)=N/N. The zero-order valence-corrected chi connectivity index (χ0v) is 6.51. The predicted octanol–water partition coefficient (Wildman–Crippen LogP) is -2.77. The molecule has 70 valence electrons. The maximum atomic E-state index is 5.34. The Morgan fingerprint density at radius 2 is 1.38 bits per heavy atom. The highest BCUT2D eigenvalue weighted by Crippen LogP contribution is 2.00. The third kappa shape index (κ3) is 1.47. The Hall–Kier alpha value is -2.32. The van der Waals surface area contributed by atoms with E-state index >= 15 is 0 Å². The van der Waals surface area contributed by atoms with E-state index in [-0.39, 0.29) is 23.1 Å². The Balaban J connectivity index is 3.18. The van der Waals surface area contributed by atoms with Crippen molar-refractivity contribution < 1.29 is 4.63 Å².